The SMILES string of the molecule is COc1cccc(-c2nnc(SC(C)C(=O)NCc3ccco3)n2-c2ccc(Cl)cc2)c1. The number of hydrogen-bond donors (Lipinski definition) is 1. The highest BCUT2D eigenvalue weighted by molar-refractivity contribution is 8.00. The van der Waals surface area contributed by atoms with E-state index in [-0.39, 0.29) is 5.91 Å². The summed E-state index contributed by atoms with van der Waals surface area (Å²) in [5.41, 5.74) is 1.68. The van der Waals surface area contributed by atoms with E-state index in [1.165, 1.54) is 11.8 Å². The van der Waals surface area contributed by atoms with Gasteiger partial charge >= 0.3 is 0 Å². The fourth-order valence-corrected chi connectivity index (χ4v) is 4.08. The summed E-state index contributed by atoms with van der Waals surface area (Å²) in [7, 11) is 1.62. The van der Waals surface area contributed by atoms with Gasteiger partial charge in [0.2, 0.25) is 5.91 Å². The molecule has 0 radical (unpaired) electrons. The number of halogens is 1. The number of methoxy groups -OCH3 is 1. The van der Waals surface area contributed by atoms with Crippen molar-refractivity contribution >= 4 is 29.3 Å². The highest BCUT2D eigenvalue weighted by Crippen LogP contribution is 2.32. The minimum absolute atomic E-state index is 0.125. The average molecular weight is 469 g/mol. The van der Waals surface area contributed by atoms with Crippen molar-refractivity contribution in [2.45, 2.75) is 23.9 Å². The Morgan fingerprint density at radius 3 is 2.72 bits per heavy atom. The molecule has 1 amide bonds. The van der Waals surface area contributed by atoms with Crippen LogP contribution in [-0.4, -0.2) is 33.0 Å². The van der Waals surface area contributed by atoms with Crippen LogP contribution in [0.2, 0.25) is 5.02 Å². The van der Waals surface area contributed by atoms with Crippen LogP contribution in [0.1, 0.15) is 12.7 Å². The van der Waals surface area contributed by atoms with Gasteiger partial charge in [-0.1, -0.05) is 35.5 Å². The smallest absolute Gasteiger partial charge is 0.233 e. The number of rotatable bonds is 8. The van der Waals surface area contributed by atoms with Crippen LogP contribution in [0.25, 0.3) is 17.1 Å². The quantitative estimate of drug-likeness (QED) is 0.367. The number of ether oxygens (including phenoxy) is 1. The van der Waals surface area contributed by atoms with Crippen LogP contribution in [0.3, 0.4) is 0 Å². The molecule has 164 valence electrons. The Morgan fingerprint density at radius 1 is 1.19 bits per heavy atom. The number of nitrogens with one attached hydrogen (secondary N) is 1. The largest absolute Gasteiger partial charge is 0.497 e. The van der Waals surface area contributed by atoms with Crippen LogP contribution in [0, 0.1) is 0 Å². The predicted octanol–water partition coefficient (Wildman–Crippen LogP) is 4.99. The standard InChI is InChI=1S/C23H21ClN4O3S/c1-15(22(29)25-14-20-7-4-12-31-20)32-23-27-26-21(16-5-3-6-19(13-16)30-2)28(23)18-10-8-17(24)9-11-18/h3-13,15H,14H2,1-2H3,(H,25,29). The number of aromatic nitrogens is 3. The van der Waals surface area contributed by atoms with Crippen molar-refractivity contribution in [2.24, 2.45) is 0 Å². The van der Waals surface area contributed by atoms with Crippen molar-refractivity contribution in [1.29, 1.82) is 0 Å². The first-order valence-corrected chi connectivity index (χ1v) is 11.1. The molecule has 0 aliphatic heterocycles. The molecule has 0 spiro atoms. The molecule has 1 unspecified atom stereocenters. The minimum atomic E-state index is -0.404. The lowest BCUT2D eigenvalue weighted by Crippen LogP contribution is -2.30. The zero-order valence-corrected chi connectivity index (χ0v) is 19.1. The van der Waals surface area contributed by atoms with Crippen molar-refractivity contribution in [3.63, 3.8) is 0 Å². The molecule has 1 N–H and O–H groups in total. The lowest BCUT2D eigenvalue weighted by molar-refractivity contribution is -0.120. The maximum absolute atomic E-state index is 12.6. The van der Waals surface area contributed by atoms with E-state index in [1.54, 1.807) is 31.6 Å². The molecule has 2 aromatic carbocycles. The monoisotopic (exact) mass is 468 g/mol. The Labute approximate surface area is 194 Å². The van der Waals surface area contributed by atoms with Gasteiger partial charge < -0.3 is 14.5 Å². The molecule has 32 heavy (non-hydrogen) atoms. The Hall–Kier alpha value is -3.23. The third-order valence-corrected chi connectivity index (χ3v) is 6.01. The molecular formula is C23H21ClN4O3S. The summed E-state index contributed by atoms with van der Waals surface area (Å²) in [5, 5.41) is 12.5. The minimum Gasteiger partial charge on any atom is -0.497 e. The van der Waals surface area contributed by atoms with Crippen molar-refractivity contribution in [1.82, 2.24) is 20.1 Å². The molecule has 0 saturated heterocycles. The fourth-order valence-electron chi connectivity index (χ4n) is 3.06. The van der Waals surface area contributed by atoms with Crippen LogP contribution in [-0.2, 0) is 11.3 Å². The first kappa shape index (κ1) is 22.0. The van der Waals surface area contributed by atoms with Gasteiger partial charge in [-0.3, -0.25) is 9.36 Å². The lowest BCUT2D eigenvalue weighted by Gasteiger charge is -2.14. The second kappa shape index (κ2) is 9.93. The molecule has 4 aromatic rings. The Kier molecular flexibility index (Phi) is 6.82. The predicted molar refractivity (Wildman–Crippen MR) is 124 cm³/mol. The molecule has 2 heterocycles. The normalized spacial score (nSPS) is 11.8. The van der Waals surface area contributed by atoms with Crippen LogP contribution < -0.4 is 10.1 Å². The molecule has 9 heteroatoms. The average Bonchev–Trinajstić information content (AvgIpc) is 3.48. The molecule has 0 aliphatic carbocycles. The van der Waals surface area contributed by atoms with E-state index < -0.39 is 5.25 Å². The van der Waals surface area contributed by atoms with Crippen molar-refractivity contribution in [2.75, 3.05) is 7.11 Å². The zero-order valence-electron chi connectivity index (χ0n) is 17.5. The summed E-state index contributed by atoms with van der Waals surface area (Å²) in [4.78, 5) is 12.6. The second-order valence-corrected chi connectivity index (χ2v) is 8.65. The van der Waals surface area contributed by atoms with E-state index in [4.69, 9.17) is 20.8 Å². The maximum Gasteiger partial charge on any atom is 0.233 e. The van der Waals surface area contributed by atoms with Gasteiger partial charge in [-0.05, 0) is 55.5 Å². The number of hydrogen-bond acceptors (Lipinski definition) is 6. The van der Waals surface area contributed by atoms with Crippen LogP contribution >= 0.6 is 23.4 Å². The maximum atomic E-state index is 12.6. The highest BCUT2D eigenvalue weighted by Gasteiger charge is 2.22. The lowest BCUT2D eigenvalue weighted by atomic mass is 10.2. The Morgan fingerprint density at radius 2 is 2.00 bits per heavy atom. The number of furan rings is 1. The molecule has 0 saturated carbocycles. The molecule has 1 atom stereocenters. The Bertz CT molecular complexity index is 1190. The summed E-state index contributed by atoms with van der Waals surface area (Å²) < 4.78 is 12.5. The van der Waals surface area contributed by atoms with Crippen LogP contribution in [0.5, 0.6) is 5.75 Å². The zero-order chi connectivity index (χ0) is 22.5. The molecule has 0 aliphatic rings. The van der Waals surface area contributed by atoms with Gasteiger partial charge in [0, 0.05) is 16.3 Å². The summed E-state index contributed by atoms with van der Waals surface area (Å²) in [6.45, 7) is 2.16. The first-order valence-electron chi connectivity index (χ1n) is 9.87. The van der Waals surface area contributed by atoms with Gasteiger partial charge in [0.15, 0.2) is 11.0 Å². The second-order valence-electron chi connectivity index (χ2n) is 6.91. The van der Waals surface area contributed by atoms with Gasteiger partial charge in [0.05, 0.1) is 25.2 Å². The van der Waals surface area contributed by atoms with Crippen LogP contribution in [0.15, 0.2) is 76.5 Å². The summed E-state index contributed by atoms with van der Waals surface area (Å²) >= 11 is 7.41. The summed E-state index contributed by atoms with van der Waals surface area (Å²) in [6.07, 6.45) is 1.58. The van der Waals surface area contributed by atoms with E-state index in [0.29, 0.717) is 34.1 Å². The number of carbonyl (C=O) groups excluding carboxylic acids is 1. The van der Waals surface area contributed by atoms with E-state index in [2.05, 4.69) is 15.5 Å². The fraction of sp³-hybridized carbons (Fsp3) is 0.174. The van der Waals surface area contributed by atoms with Gasteiger partial charge in [0.1, 0.15) is 11.5 Å². The van der Waals surface area contributed by atoms with E-state index in [0.717, 1.165) is 11.3 Å². The van der Waals surface area contributed by atoms with Crippen LogP contribution in [0.4, 0.5) is 0 Å². The number of carbonyl (C=O) groups is 1. The van der Waals surface area contributed by atoms with Gasteiger partial charge in [-0.2, -0.15) is 0 Å². The summed E-state index contributed by atoms with van der Waals surface area (Å²) in [6, 6.07) is 18.6. The van der Waals surface area contributed by atoms with Crippen molar-refractivity contribution in [3.05, 3.63) is 77.7 Å². The van der Waals surface area contributed by atoms with Gasteiger partial charge in [0.25, 0.3) is 0 Å². The summed E-state index contributed by atoms with van der Waals surface area (Å²) in [5.74, 6) is 1.92. The van der Waals surface area contributed by atoms with Gasteiger partial charge in [-0.15, -0.1) is 10.2 Å². The molecule has 2 aromatic heterocycles. The molecule has 0 bridgehead atoms. The number of amides is 1. The number of nitrogens with zero attached hydrogens (tertiary/aromatic N) is 3. The molecule has 7 nitrogen and oxygen atoms in total. The number of thioether (sulfide) groups is 1. The highest BCUT2D eigenvalue weighted by atomic mass is 35.5. The molecule has 4 rings (SSSR count). The molecule has 0 fully saturated rings. The van der Waals surface area contributed by atoms with E-state index >= 15 is 0 Å². The van der Waals surface area contributed by atoms with Crippen molar-refractivity contribution in [3.8, 4) is 22.8 Å². The topological polar surface area (TPSA) is 82.2 Å². The Balaban J connectivity index is 1.63. The van der Waals surface area contributed by atoms with Crippen molar-refractivity contribution < 1.29 is 13.9 Å². The first-order chi connectivity index (χ1) is 15.5. The van der Waals surface area contributed by atoms with E-state index in [1.807, 2.05) is 54.0 Å². The van der Waals surface area contributed by atoms with Gasteiger partial charge in [-0.25, -0.2) is 0 Å². The third kappa shape index (κ3) is 4.98. The third-order valence-electron chi connectivity index (χ3n) is 4.71. The number of benzene rings is 2. The molecular weight excluding hydrogens is 448 g/mol. The van der Waals surface area contributed by atoms with E-state index in [9.17, 15) is 4.79 Å².